The van der Waals surface area contributed by atoms with Crippen molar-refractivity contribution in [2.24, 2.45) is 0 Å². The molecule has 20 heavy (non-hydrogen) atoms. The molecule has 0 aromatic heterocycles. The number of hydrogen-bond donors (Lipinski definition) is 1. The molecule has 2 nitrogen and oxygen atoms in total. The smallest absolute Gasteiger partial charge is 0.389 e. The van der Waals surface area contributed by atoms with Gasteiger partial charge in [-0.2, -0.15) is 13.2 Å². The zero-order valence-corrected chi connectivity index (χ0v) is 11.0. The molecule has 1 N–H and O–H groups in total. The minimum absolute atomic E-state index is 0.0859. The Balaban J connectivity index is 2.08. The van der Waals surface area contributed by atoms with Gasteiger partial charge < -0.3 is 9.84 Å². The van der Waals surface area contributed by atoms with Gasteiger partial charge in [0.1, 0.15) is 17.2 Å². The molecule has 112 valence electrons. The van der Waals surface area contributed by atoms with Crippen molar-refractivity contribution in [2.45, 2.75) is 50.5 Å². The third-order valence-electron chi connectivity index (χ3n) is 3.48. The number of hydrogen-bond acceptors (Lipinski definition) is 2. The third-order valence-corrected chi connectivity index (χ3v) is 3.48. The normalized spacial score (nSPS) is 26.0. The summed E-state index contributed by atoms with van der Waals surface area (Å²) in [5.74, 6) is -0.297. The number of fused-ring (bicyclic) bond motifs is 1. The minimum atomic E-state index is -4.20. The van der Waals surface area contributed by atoms with Crippen molar-refractivity contribution in [3.05, 3.63) is 29.6 Å². The summed E-state index contributed by atoms with van der Waals surface area (Å²) in [4.78, 5) is 0. The van der Waals surface area contributed by atoms with E-state index in [4.69, 9.17) is 4.74 Å². The van der Waals surface area contributed by atoms with Crippen LogP contribution in [0.4, 0.5) is 17.6 Å². The van der Waals surface area contributed by atoms with Crippen LogP contribution in [0.25, 0.3) is 0 Å². The van der Waals surface area contributed by atoms with E-state index in [0.717, 1.165) is 6.07 Å². The fourth-order valence-electron chi connectivity index (χ4n) is 2.51. The molecule has 0 spiro atoms. The van der Waals surface area contributed by atoms with Crippen LogP contribution in [-0.2, 0) is 0 Å². The molecular formula is C14H16F4O2. The van der Waals surface area contributed by atoms with Crippen molar-refractivity contribution in [1.29, 1.82) is 0 Å². The first-order valence-corrected chi connectivity index (χ1v) is 6.42. The van der Waals surface area contributed by atoms with E-state index < -0.39 is 30.1 Å². The highest BCUT2D eigenvalue weighted by Gasteiger charge is 2.37. The number of alkyl halides is 3. The van der Waals surface area contributed by atoms with Gasteiger partial charge in [-0.1, -0.05) is 0 Å². The monoisotopic (exact) mass is 292 g/mol. The van der Waals surface area contributed by atoms with Crippen LogP contribution in [0, 0.1) is 5.82 Å². The largest absolute Gasteiger partial charge is 0.487 e. The predicted molar refractivity (Wildman–Crippen MR) is 64.9 cm³/mol. The minimum Gasteiger partial charge on any atom is -0.487 e. The number of aliphatic hydroxyl groups excluding tert-OH is 1. The van der Waals surface area contributed by atoms with Crippen LogP contribution in [0.2, 0.25) is 0 Å². The molecule has 0 saturated heterocycles. The van der Waals surface area contributed by atoms with Crippen LogP contribution in [0.15, 0.2) is 18.2 Å². The Morgan fingerprint density at radius 1 is 1.40 bits per heavy atom. The van der Waals surface area contributed by atoms with Crippen molar-refractivity contribution >= 4 is 0 Å². The molecule has 2 unspecified atom stereocenters. The highest BCUT2D eigenvalue weighted by atomic mass is 19.4. The lowest BCUT2D eigenvalue weighted by Crippen LogP contribution is -2.38. The molecule has 6 heteroatoms. The molecule has 1 aliphatic rings. The van der Waals surface area contributed by atoms with Gasteiger partial charge >= 0.3 is 6.18 Å². The van der Waals surface area contributed by atoms with Gasteiger partial charge in [0.15, 0.2) is 0 Å². The highest BCUT2D eigenvalue weighted by Crippen LogP contribution is 2.42. The van der Waals surface area contributed by atoms with Crippen molar-refractivity contribution < 1.29 is 27.4 Å². The molecule has 0 bridgehead atoms. The van der Waals surface area contributed by atoms with Gasteiger partial charge in [0.25, 0.3) is 0 Å². The van der Waals surface area contributed by atoms with Crippen molar-refractivity contribution in [2.75, 3.05) is 0 Å². The van der Waals surface area contributed by atoms with Crippen LogP contribution in [0.5, 0.6) is 5.75 Å². The van der Waals surface area contributed by atoms with Gasteiger partial charge in [-0.3, -0.25) is 0 Å². The maximum atomic E-state index is 13.2. The average molecular weight is 292 g/mol. The summed E-state index contributed by atoms with van der Waals surface area (Å²) in [6.45, 7) is 1.64. The lowest BCUT2D eigenvalue weighted by molar-refractivity contribution is -0.138. The Labute approximate surface area is 114 Å². The maximum absolute atomic E-state index is 13.2. The second kappa shape index (κ2) is 5.24. The summed E-state index contributed by atoms with van der Waals surface area (Å²) in [6.07, 6.45) is -5.68. The molecule has 2 rings (SSSR count). The number of halogens is 4. The summed E-state index contributed by atoms with van der Waals surface area (Å²) in [5.41, 5.74) is -0.439. The Bertz CT molecular complexity index is 487. The number of ether oxygens (including phenoxy) is 1. The zero-order valence-electron chi connectivity index (χ0n) is 11.0. The Morgan fingerprint density at radius 2 is 2.10 bits per heavy atom. The number of benzene rings is 1. The molecule has 0 radical (unpaired) electrons. The molecule has 2 atom stereocenters. The van der Waals surface area contributed by atoms with Crippen LogP contribution < -0.4 is 4.74 Å². The fraction of sp³-hybridized carbons (Fsp3) is 0.571. The van der Waals surface area contributed by atoms with Crippen LogP contribution in [0.3, 0.4) is 0 Å². The van der Waals surface area contributed by atoms with E-state index in [1.54, 1.807) is 6.92 Å². The maximum Gasteiger partial charge on any atom is 0.389 e. The van der Waals surface area contributed by atoms with E-state index >= 15 is 0 Å². The van der Waals surface area contributed by atoms with Crippen molar-refractivity contribution in [3.63, 3.8) is 0 Å². The molecule has 0 aliphatic carbocycles. The SMILES string of the molecule is CC1(CCCC(F)(F)F)CC(O)c2ccc(F)cc2O1. The zero-order chi connectivity index (χ0) is 15.0. The molecule has 1 aromatic rings. The van der Waals surface area contributed by atoms with E-state index in [-0.39, 0.29) is 25.0 Å². The van der Waals surface area contributed by atoms with Crippen LogP contribution >= 0.6 is 0 Å². The van der Waals surface area contributed by atoms with Gasteiger partial charge in [-0.05, 0) is 31.9 Å². The first-order valence-electron chi connectivity index (χ1n) is 6.42. The van der Waals surface area contributed by atoms with Gasteiger partial charge in [-0.15, -0.1) is 0 Å². The standard InChI is InChI=1S/C14H16F4O2/c1-13(5-2-6-14(16,17)18)8-11(19)10-4-3-9(15)7-12(10)20-13/h3-4,7,11,19H,2,5-6,8H2,1H3. The lowest BCUT2D eigenvalue weighted by atomic mass is 9.86. The third kappa shape index (κ3) is 3.62. The number of aliphatic hydroxyl groups is 1. The molecule has 1 aromatic carbocycles. The molecule has 0 fully saturated rings. The van der Waals surface area contributed by atoms with Crippen LogP contribution in [-0.4, -0.2) is 16.9 Å². The molecular weight excluding hydrogens is 276 g/mol. The Kier molecular flexibility index (Phi) is 3.95. The average Bonchev–Trinajstić information content (AvgIpc) is 2.25. The summed E-state index contributed by atoms with van der Waals surface area (Å²) in [5, 5.41) is 10.0. The van der Waals surface area contributed by atoms with E-state index in [1.165, 1.54) is 12.1 Å². The van der Waals surface area contributed by atoms with E-state index in [9.17, 15) is 22.7 Å². The van der Waals surface area contributed by atoms with Gasteiger partial charge in [0, 0.05) is 24.5 Å². The van der Waals surface area contributed by atoms with Gasteiger partial charge in [0.2, 0.25) is 0 Å². The van der Waals surface area contributed by atoms with Crippen molar-refractivity contribution in [3.8, 4) is 5.75 Å². The summed E-state index contributed by atoms with van der Waals surface area (Å²) in [7, 11) is 0. The molecule has 0 amide bonds. The Hall–Kier alpha value is -1.30. The molecule has 1 heterocycles. The van der Waals surface area contributed by atoms with Gasteiger partial charge in [0.05, 0.1) is 6.10 Å². The second-order valence-electron chi connectivity index (χ2n) is 5.42. The molecule has 0 saturated carbocycles. The van der Waals surface area contributed by atoms with Crippen LogP contribution in [0.1, 0.15) is 44.3 Å². The van der Waals surface area contributed by atoms with Gasteiger partial charge in [-0.25, -0.2) is 4.39 Å². The van der Waals surface area contributed by atoms with Crippen molar-refractivity contribution in [1.82, 2.24) is 0 Å². The summed E-state index contributed by atoms with van der Waals surface area (Å²) >= 11 is 0. The number of rotatable bonds is 3. The topological polar surface area (TPSA) is 29.5 Å². The quantitative estimate of drug-likeness (QED) is 0.849. The fourth-order valence-corrected chi connectivity index (χ4v) is 2.51. The summed E-state index contributed by atoms with van der Waals surface area (Å²) < 4.78 is 55.3. The second-order valence-corrected chi connectivity index (χ2v) is 5.42. The van der Waals surface area contributed by atoms with E-state index in [0.29, 0.717) is 5.56 Å². The first kappa shape index (κ1) is 15.1. The highest BCUT2D eigenvalue weighted by molar-refractivity contribution is 5.38. The summed E-state index contributed by atoms with van der Waals surface area (Å²) in [6, 6.07) is 3.81. The first-order chi connectivity index (χ1) is 9.19. The van der Waals surface area contributed by atoms with E-state index in [1.807, 2.05) is 0 Å². The lowest BCUT2D eigenvalue weighted by Gasteiger charge is -2.38. The molecule has 1 aliphatic heterocycles. The Morgan fingerprint density at radius 3 is 2.75 bits per heavy atom. The van der Waals surface area contributed by atoms with E-state index in [2.05, 4.69) is 0 Å². The predicted octanol–water partition coefficient (Wildman–Crippen LogP) is 4.13.